The number of hydrogen-bond donors (Lipinski definition) is 1. The first-order valence-electron chi connectivity index (χ1n) is 5.73. The van der Waals surface area contributed by atoms with Crippen molar-refractivity contribution < 1.29 is 9.18 Å². The summed E-state index contributed by atoms with van der Waals surface area (Å²) in [5.41, 5.74) is 0.241. The van der Waals surface area contributed by atoms with Crippen LogP contribution in [0.3, 0.4) is 0 Å². The largest absolute Gasteiger partial charge is 0.305 e. The van der Waals surface area contributed by atoms with Gasteiger partial charge in [-0.1, -0.05) is 17.7 Å². The Kier molecular flexibility index (Phi) is 3.50. The molecule has 1 aromatic carbocycles. The van der Waals surface area contributed by atoms with Gasteiger partial charge in [0.2, 0.25) is 0 Å². The Labute approximate surface area is 105 Å². The fraction of sp³-hybridized carbons (Fsp3) is 0.462. The highest BCUT2D eigenvalue weighted by Crippen LogP contribution is 2.24. The third kappa shape index (κ3) is 2.67. The zero-order valence-electron chi connectivity index (χ0n) is 9.72. The summed E-state index contributed by atoms with van der Waals surface area (Å²) in [4.78, 5) is 12.2. The van der Waals surface area contributed by atoms with Crippen LogP contribution < -0.4 is 5.32 Å². The maximum Gasteiger partial charge on any atom is 0.156 e. The van der Waals surface area contributed by atoms with Gasteiger partial charge in [-0.05, 0) is 44.0 Å². The molecule has 0 aromatic heterocycles. The molecule has 1 aliphatic rings. The molecule has 1 N–H and O–H groups in total. The molecule has 0 amide bonds. The first kappa shape index (κ1) is 12.5. The lowest BCUT2D eigenvalue weighted by Gasteiger charge is -2.22. The van der Waals surface area contributed by atoms with Gasteiger partial charge in [0.15, 0.2) is 5.78 Å². The van der Waals surface area contributed by atoms with E-state index in [1.54, 1.807) is 6.07 Å². The molecule has 2 rings (SSSR count). The maximum absolute atomic E-state index is 12.9. The lowest BCUT2D eigenvalue weighted by Crippen LogP contribution is -2.45. The van der Waals surface area contributed by atoms with E-state index < -0.39 is 5.54 Å². The van der Waals surface area contributed by atoms with Crippen molar-refractivity contribution in [1.29, 1.82) is 0 Å². The molecule has 1 unspecified atom stereocenters. The summed E-state index contributed by atoms with van der Waals surface area (Å²) in [5.74, 6) is -0.264. The molecule has 0 spiro atoms. The van der Waals surface area contributed by atoms with Crippen molar-refractivity contribution in [2.45, 2.75) is 31.7 Å². The van der Waals surface area contributed by atoms with Crippen LogP contribution in [0.15, 0.2) is 18.2 Å². The highest BCUT2D eigenvalue weighted by Gasteiger charge is 2.35. The van der Waals surface area contributed by atoms with Crippen LogP contribution in [0, 0.1) is 5.82 Å². The highest BCUT2D eigenvalue weighted by molar-refractivity contribution is 6.31. The Hall–Kier alpha value is -0.930. The quantitative estimate of drug-likeness (QED) is 0.900. The Morgan fingerprint density at radius 2 is 2.35 bits per heavy atom. The van der Waals surface area contributed by atoms with E-state index in [1.807, 2.05) is 6.92 Å². The lowest BCUT2D eigenvalue weighted by molar-refractivity contribution is -0.123. The number of rotatable bonds is 3. The minimum Gasteiger partial charge on any atom is -0.305 e. The van der Waals surface area contributed by atoms with Crippen LogP contribution in [-0.4, -0.2) is 17.9 Å². The number of nitrogens with one attached hydrogen (secondary N) is 1. The molecule has 0 radical (unpaired) electrons. The SMILES string of the molecule is CC1(C(=O)Cc2ccc(F)cc2Cl)CCCN1. The molecular formula is C13H15ClFNO. The van der Waals surface area contributed by atoms with Crippen LogP contribution in [-0.2, 0) is 11.2 Å². The van der Waals surface area contributed by atoms with E-state index in [0.717, 1.165) is 19.4 Å². The van der Waals surface area contributed by atoms with Crippen LogP contribution in [0.5, 0.6) is 0 Å². The minimum absolute atomic E-state index is 0.114. The van der Waals surface area contributed by atoms with Gasteiger partial charge < -0.3 is 5.32 Å². The lowest BCUT2D eigenvalue weighted by atomic mass is 9.90. The van der Waals surface area contributed by atoms with Gasteiger partial charge in [0.1, 0.15) is 5.82 Å². The first-order chi connectivity index (χ1) is 8.01. The van der Waals surface area contributed by atoms with Crippen LogP contribution in [0.4, 0.5) is 4.39 Å². The van der Waals surface area contributed by atoms with E-state index in [4.69, 9.17) is 11.6 Å². The average molecular weight is 256 g/mol. The number of carbonyl (C=O) groups excluding carboxylic acids is 1. The summed E-state index contributed by atoms with van der Waals surface area (Å²) in [6.07, 6.45) is 2.12. The molecule has 0 saturated carbocycles. The number of hydrogen-bond acceptors (Lipinski definition) is 2. The second-order valence-corrected chi connectivity index (χ2v) is 5.11. The molecule has 17 heavy (non-hydrogen) atoms. The molecular weight excluding hydrogens is 241 g/mol. The minimum atomic E-state index is -0.447. The van der Waals surface area contributed by atoms with Crippen molar-refractivity contribution in [2.24, 2.45) is 0 Å². The van der Waals surface area contributed by atoms with Crippen LogP contribution in [0.1, 0.15) is 25.3 Å². The van der Waals surface area contributed by atoms with Crippen molar-refractivity contribution in [3.8, 4) is 0 Å². The predicted molar refractivity (Wildman–Crippen MR) is 65.8 cm³/mol. The van der Waals surface area contributed by atoms with Crippen molar-refractivity contribution in [1.82, 2.24) is 5.32 Å². The second-order valence-electron chi connectivity index (χ2n) is 4.70. The number of benzene rings is 1. The van der Waals surface area contributed by atoms with Gasteiger partial charge in [0.05, 0.1) is 5.54 Å². The summed E-state index contributed by atoms with van der Waals surface area (Å²) < 4.78 is 12.9. The summed E-state index contributed by atoms with van der Waals surface area (Å²) in [6.45, 7) is 2.79. The third-order valence-corrected chi connectivity index (χ3v) is 3.70. The smallest absolute Gasteiger partial charge is 0.156 e. The van der Waals surface area contributed by atoms with Crippen LogP contribution in [0.2, 0.25) is 5.02 Å². The third-order valence-electron chi connectivity index (χ3n) is 3.35. The number of ketones is 1. The summed E-state index contributed by atoms with van der Waals surface area (Å²) >= 11 is 5.91. The fourth-order valence-electron chi connectivity index (χ4n) is 2.17. The van der Waals surface area contributed by atoms with Crippen molar-refractivity contribution in [3.63, 3.8) is 0 Å². The summed E-state index contributed by atoms with van der Waals surface area (Å²) in [6, 6.07) is 4.15. The van der Waals surface area contributed by atoms with E-state index in [0.29, 0.717) is 10.6 Å². The van der Waals surface area contributed by atoms with Crippen molar-refractivity contribution >= 4 is 17.4 Å². The molecule has 1 aliphatic heterocycles. The maximum atomic E-state index is 12.9. The Morgan fingerprint density at radius 3 is 2.94 bits per heavy atom. The van der Waals surface area contributed by atoms with E-state index in [1.165, 1.54) is 12.1 Å². The van der Waals surface area contributed by atoms with Gasteiger partial charge in [-0.25, -0.2) is 4.39 Å². The molecule has 1 atom stereocenters. The van der Waals surface area contributed by atoms with Gasteiger partial charge in [0, 0.05) is 11.4 Å². The van der Waals surface area contributed by atoms with Gasteiger partial charge >= 0.3 is 0 Å². The van der Waals surface area contributed by atoms with E-state index >= 15 is 0 Å². The Bertz CT molecular complexity index is 441. The molecule has 92 valence electrons. The van der Waals surface area contributed by atoms with Gasteiger partial charge in [0.25, 0.3) is 0 Å². The van der Waals surface area contributed by atoms with E-state index in [-0.39, 0.29) is 18.0 Å². The molecule has 2 nitrogen and oxygen atoms in total. The Balaban J connectivity index is 2.13. The van der Waals surface area contributed by atoms with Crippen molar-refractivity contribution in [2.75, 3.05) is 6.54 Å². The molecule has 4 heteroatoms. The highest BCUT2D eigenvalue weighted by atomic mass is 35.5. The van der Waals surface area contributed by atoms with Gasteiger partial charge in [-0.3, -0.25) is 4.79 Å². The normalized spacial score (nSPS) is 23.9. The molecule has 1 fully saturated rings. The summed E-state index contributed by atoms with van der Waals surface area (Å²) in [5, 5.41) is 3.54. The fourth-order valence-corrected chi connectivity index (χ4v) is 2.40. The summed E-state index contributed by atoms with van der Waals surface area (Å²) in [7, 11) is 0. The van der Waals surface area contributed by atoms with Gasteiger partial charge in [-0.15, -0.1) is 0 Å². The average Bonchev–Trinajstić information content (AvgIpc) is 2.71. The molecule has 1 aromatic rings. The van der Waals surface area contributed by atoms with Crippen molar-refractivity contribution in [3.05, 3.63) is 34.6 Å². The standard InChI is InChI=1S/C13H15ClFNO/c1-13(5-2-6-16-13)12(17)7-9-3-4-10(15)8-11(9)14/h3-4,8,16H,2,5-7H2,1H3. The number of carbonyl (C=O) groups is 1. The molecule has 0 aliphatic carbocycles. The van der Waals surface area contributed by atoms with E-state index in [2.05, 4.69) is 5.32 Å². The number of halogens is 2. The second kappa shape index (κ2) is 4.75. The van der Waals surface area contributed by atoms with Crippen LogP contribution >= 0.6 is 11.6 Å². The molecule has 0 bridgehead atoms. The predicted octanol–water partition coefficient (Wildman–Crippen LogP) is 2.73. The van der Waals surface area contributed by atoms with Crippen LogP contribution in [0.25, 0.3) is 0 Å². The topological polar surface area (TPSA) is 29.1 Å². The molecule has 1 saturated heterocycles. The van der Waals surface area contributed by atoms with Gasteiger partial charge in [-0.2, -0.15) is 0 Å². The molecule has 1 heterocycles. The van der Waals surface area contributed by atoms with E-state index in [9.17, 15) is 9.18 Å². The Morgan fingerprint density at radius 1 is 1.59 bits per heavy atom. The number of Topliss-reactive ketones (excluding diaryl/α,β-unsaturated/α-hetero) is 1. The monoisotopic (exact) mass is 255 g/mol. The zero-order chi connectivity index (χ0) is 12.5. The zero-order valence-corrected chi connectivity index (χ0v) is 10.5. The first-order valence-corrected chi connectivity index (χ1v) is 6.11.